The zero-order valence-electron chi connectivity index (χ0n) is 12.0. The predicted molar refractivity (Wildman–Crippen MR) is 68.7 cm³/mol. The monoisotopic (exact) mass is 270 g/mol. The molecule has 0 spiro atoms. The highest BCUT2D eigenvalue weighted by Crippen LogP contribution is 2.36. The smallest absolute Gasteiger partial charge is 0.410 e. The number of ether oxygens (including phenoxy) is 2. The van der Waals surface area contributed by atoms with Gasteiger partial charge in [0, 0.05) is 12.5 Å². The molecule has 0 radical (unpaired) electrons. The Bertz CT molecular complexity index is 391. The topological polar surface area (TPSA) is 67.9 Å². The minimum atomic E-state index is -0.744. The van der Waals surface area contributed by atoms with E-state index < -0.39 is 11.1 Å². The zero-order valence-corrected chi connectivity index (χ0v) is 12.0. The summed E-state index contributed by atoms with van der Waals surface area (Å²) >= 11 is 0. The number of esters is 1. The van der Waals surface area contributed by atoms with Crippen LogP contribution in [0.3, 0.4) is 0 Å². The summed E-state index contributed by atoms with van der Waals surface area (Å²) in [5.41, 5.74) is -1.27. The number of amides is 1. The van der Waals surface area contributed by atoms with Crippen molar-refractivity contribution in [1.29, 1.82) is 0 Å². The van der Waals surface area contributed by atoms with Crippen LogP contribution in [0.2, 0.25) is 0 Å². The standard InChI is InChI=1S/C13H22N2O4/c1-12(2,3)19-11(17)15-7-9-5-6-14-13(9,8-15)10(16)18-4/h9,14H,5-8H2,1-4H3/t9-,13+/m1/s1. The highest BCUT2D eigenvalue weighted by Gasteiger charge is 2.57. The number of nitrogens with one attached hydrogen (secondary N) is 1. The summed E-state index contributed by atoms with van der Waals surface area (Å²) in [6.45, 7) is 7.13. The van der Waals surface area contributed by atoms with Gasteiger partial charge < -0.3 is 19.7 Å². The molecule has 2 aliphatic heterocycles. The van der Waals surface area contributed by atoms with E-state index in [1.54, 1.807) is 4.90 Å². The fourth-order valence-corrected chi connectivity index (χ4v) is 2.88. The molecule has 0 saturated carbocycles. The molecular weight excluding hydrogens is 248 g/mol. The van der Waals surface area contributed by atoms with Crippen molar-refractivity contribution in [3.05, 3.63) is 0 Å². The number of fused-ring (bicyclic) bond motifs is 1. The minimum Gasteiger partial charge on any atom is -0.468 e. The van der Waals surface area contributed by atoms with E-state index in [-0.39, 0.29) is 18.0 Å². The van der Waals surface area contributed by atoms with Crippen LogP contribution in [0.25, 0.3) is 0 Å². The van der Waals surface area contributed by atoms with Crippen molar-refractivity contribution in [1.82, 2.24) is 10.2 Å². The van der Waals surface area contributed by atoms with Crippen LogP contribution in [0.4, 0.5) is 4.79 Å². The summed E-state index contributed by atoms with van der Waals surface area (Å²) in [4.78, 5) is 25.7. The summed E-state index contributed by atoms with van der Waals surface area (Å²) in [6, 6.07) is 0. The van der Waals surface area contributed by atoms with Gasteiger partial charge in [-0.1, -0.05) is 0 Å². The summed E-state index contributed by atoms with van der Waals surface area (Å²) in [7, 11) is 1.38. The predicted octanol–water partition coefficient (Wildman–Crippen LogP) is 0.758. The Balaban J connectivity index is 2.09. The van der Waals surface area contributed by atoms with E-state index in [0.717, 1.165) is 13.0 Å². The lowest BCUT2D eigenvalue weighted by Gasteiger charge is -2.27. The average molecular weight is 270 g/mol. The molecule has 2 atom stereocenters. The van der Waals surface area contributed by atoms with Gasteiger partial charge in [-0.05, 0) is 33.7 Å². The van der Waals surface area contributed by atoms with Gasteiger partial charge in [-0.25, -0.2) is 9.59 Å². The van der Waals surface area contributed by atoms with Crippen LogP contribution in [0, 0.1) is 5.92 Å². The maximum absolute atomic E-state index is 12.1. The van der Waals surface area contributed by atoms with E-state index in [4.69, 9.17) is 9.47 Å². The van der Waals surface area contributed by atoms with Crippen LogP contribution < -0.4 is 5.32 Å². The van der Waals surface area contributed by atoms with Gasteiger partial charge in [0.2, 0.25) is 0 Å². The Kier molecular flexibility index (Phi) is 3.47. The van der Waals surface area contributed by atoms with E-state index in [2.05, 4.69) is 5.32 Å². The molecule has 0 aromatic rings. The molecule has 0 unspecified atom stereocenters. The van der Waals surface area contributed by atoms with Gasteiger partial charge >= 0.3 is 12.1 Å². The molecule has 19 heavy (non-hydrogen) atoms. The number of likely N-dealkylation sites (tertiary alicyclic amines) is 1. The Labute approximate surface area is 113 Å². The molecule has 6 heteroatoms. The Morgan fingerprint density at radius 2 is 2.05 bits per heavy atom. The third-order valence-corrected chi connectivity index (χ3v) is 3.71. The fraction of sp³-hybridized carbons (Fsp3) is 0.846. The normalized spacial score (nSPS) is 30.1. The molecule has 2 rings (SSSR count). The summed E-state index contributed by atoms with van der Waals surface area (Å²) in [5, 5.41) is 3.21. The molecule has 2 saturated heterocycles. The summed E-state index contributed by atoms with van der Waals surface area (Å²) < 4.78 is 10.2. The molecule has 2 fully saturated rings. The largest absolute Gasteiger partial charge is 0.468 e. The highest BCUT2D eigenvalue weighted by molar-refractivity contribution is 5.84. The first-order chi connectivity index (χ1) is 8.78. The number of nitrogens with zero attached hydrogens (tertiary/aromatic N) is 1. The second-order valence-electron chi connectivity index (χ2n) is 6.24. The number of carbonyl (C=O) groups is 2. The van der Waals surface area contributed by atoms with Crippen LogP contribution in [0.15, 0.2) is 0 Å². The average Bonchev–Trinajstić information content (AvgIpc) is 2.82. The number of carbonyl (C=O) groups excluding carboxylic acids is 2. The highest BCUT2D eigenvalue weighted by atomic mass is 16.6. The molecule has 1 amide bonds. The molecule has 0 bridgehead atoms. The van der Waals surface area contributed by atoms with Crippen LogP contribution >= 0.6 is 0 Å². The number of hydrogen-bond donors (Lipinski definition) is 1. The van der Waals surface area contributed by atoms with Crippen LogP contribution in [0.1, 0.15) is 27.2 Å². The lowest BCUT2D eigenvalue weighted by molar-refractivity contribution is -0.148. The van der Waals surface area contributed by atoms with Gasteiger partial charge in [0.1, 0.15) is 11.1 Å². The van der Waals surface area contributed by atoms with Crippen molar-refractivity contribution in [3.63, 3.8) is 0 Å². The number of hydrogen-bond acceptors (Lipinski definition) is 5. The molecule has 2 heterocycles. The molecule has 2 aliphatic rings. The zero-order chi connectivity index (χ0) is 14.3. The van der Waals surface area contributed by atoms with Crippen LogP contribution in [0.5, 0.6) is 0 Å². The Hall–Kier alpha value is -1.30. The lowest BCUT2D eigenvalue weighted by atomic mass is 9.89. The second-order valence-corrected chi connectivity index (χ2v) is 6.24. The Morgan fingerprint density at radius 1 is 1.37 bits per heavy atom. The van der Waals surface area contributed by atoms with E-state index >= 15 is 0 Å². The summed E-state index contributed by atoms with van der Waals surface area (Å²) in [6.07, 6.45) is 0.501. The lowest BCUT2D eigenvalue weighted by Crippen LogP contribution is -2.54. The van der Waals surface area contributed by atoms with E-state index in [1.807, 2.05) is 20.8 Å². The van der Waals surface area contributed by atoms with Gasteiger partial charge in [0.25, 0.3) is 0 Å². The number of methoxy groups -OCH3 is 1. The van der Waals surface area contributed by atoms with Gasteiger partial charge in [-0.3, -0.25) is 0 Å². The van der Waals surface area contributed by atoms with Crippen LogP contribution in [-0.2, 0) is 14.3 Å². The van der Waals surface area contributed by atoms with E-state index in [9.17, 15) is 9.59 Å². The fourth-order valence-electron chi connectivity index (χ4n) is 2.88. The van der Waals surface area contributed by atoms with Gasteiger partial charge in [-0.15, -0.1) is 0 Å². The molecular formula is C13H22N2O4. The van der Waals surface area contributed by atoms with Crippen molar-refractivity contribution in [2.24, 2.45) is 5.92 Å². The third kappa shape index (κ3) is 2.54. The number of rotatable bonds is 1. The second kappa shape index (κ2) is 4.67. The van der Waals surface area contributed by atoms with Crippen molar-refractivity contribution in [2.75, 3.05) is 26.7 Å². The van der Waals surface area contributed by atoms with Crippen molar-refractivity contribution < 1.29 is 19.1 Å². The molecule has 0 aromatic heterocycles. The van der Waals surface area contributed by atoms with Crippen molar-refractivity contribution in [2.45, 2.75) is 38.3 Å². The molecule has 108 valence electrons. The van der Waals surface area contributed by atoms with Gasteiger partial charge in [0.05, 0.1) is 13.7 Å². The maximum atomic E-state index is 12.1. The molecule has 0 aliphatic carbocycles. The Morgan fingerprint density at radius 3 is 2.63 bits per heavy atom. The molecule has 1 N–H and O–H groups in total. The van der Waals surface area contributed by atoms with Gasteiger partial charge in [-0.2, -0.15) is 0 Å². The van der Waals surface area contributed by atoms with Crippen LogP contribution in [-0.4, -0.2) is 54.8 Å². The maximum Gasteiger partial charge on any atom is 0.410 e. The van der Waals surface area contributed by atoms with Gasteiger partial charge in [0.15, 0.2) is 0 Å². The summed E-state index contributed by atoms with van der Waals surface area (Å²) in [5.74, 6) is -0.187. The van der Waals surface area contributed by atoms with E-state index in [0.29, 0.717) is 13.1 Å². The first-order valence-corrected chi connectivity index (χ1v) is 6.60. The SMILES string of the molecule is COC(=O)[C@]12CN(C(=O)OC(C)(C)C)C[C@H]1CCN2. The molecule has 0 aromatic carbocycles. The third-order valence-electron chi connectivity index (χ3n) is 3.71. The first-order valence-electron chi connectivity index (χ1n) is 6.60. The first kappa shape index (κ1) is 14.1. The van der Waals surface area contributed by atoms with Crippen molar-refractivity contribution in [3.8, 4) is 0 Å². The molecule has 6 nitrogen and oxygen atoms in total. The van der Waals surface area contributed by atoms with Crippen molar-refractivity contribution >= 4 is 12.1 Å². The van der Waals surface area contributed by atoms with E-state index in [1.165, 1.54) is 7.11 Å². The minimum absolute atomic E-state index is 0.104. The quantitative estimate of drug-likeness (QED) is 0.712.